The average Bonchev–Trinajstić information content (AvgIpc) is 2.84. The monoisotopic (exact) mass is 434 g/mol. The van der Waals surface area contributed by atoms with E-state index in [0.717, 1.165) is 38.4 Å². The maximum Gasteiger partial charge on any atom is 0.337 e. The largest absolute Gasteiger partial charge is 0.465 e. The van der Waals surface area contributed by atoms with E-state index in [4.69, 9.17) is 10.5 Å². The van der Waals surface area contributed by atoms with Gasteiger partial charge in [-0.25, -0.2) is 4.79 Å². The van der Waals surface area contributed by atoms with Gasteiger partial charge in [-0.2, -0.15) is 0 Å². The number of ether oxygens (including phenoxy) is 1. The number of hydrogen-bond donors (Lipinski definition) is 2. The predicted molar refractivity (Wildman–Crippen MR) is 121 cm³/mol. The molecule has 32 heavy (non-hydrogen) atoms. The fraction of sp³-hybridized carbons (Fsp3) is 0.292. The summed E-state index contributed by atoms with van der Waals surface area (Å²) in [6, 6.07) is 14.2. The van der Waals surface area contributed by atoms with Crippen LogP contribution in [0.15, 0.2) is 59.9 Å². The lowest BCUT2D eigenvalue weighted by molar-refractivity contribution is 0.0600. The van der Waals surface area contributed by atoms with E-state index in [1.165, 1.54) is 7.11 Å². The topological polar surface area (TPSA) is 105 Å². The van der Waals surface area contributed by atoms with Crippen LogP contribution in [0.4, 0.5) is 5.69 Å². The van der Waals surface area contributed by atoms with Gasteiger partial charge in [-0.05, 0) is 24.3 Å². The van der Waals surface area contributed by atoms with E-state index in [-0.39, 0.29) is 28.9 Å². The standard InChI is InChI=1S/C24H26N4O4/c1-32-24(31)16-6-8-17(9-7-16)28-14-12-27(13-15-28)11-10-26-21-20(25)22(29)18-4-2-3-5-19(18)23(21)30/h2-9,26H,10-15,25H2,1H3. The molecule has 2 aromatic rings. The molecule has 3 N–H and O–H groups in total. The number of benzene rings is 2. The van der Waals surface area contributed by atoms with Crippen LogP contribution < -0.4 is 16.0 Å². The van der Waals surface area contributed by atoms with Gasteiger partial charge in [0.25, 0.3) is 0 Å². The number of esters is 1. The number of nitrogens with one attached hydrogen (secondary N) is 1. The van der Waals surface area contributed by atoms with Gasteiger partial charge in [-0.15, -0.1) is 0 Å². The molecule has 0 aromatic heterocycles. The van der Waals surface area contributed by atoms with Crippen molar-refractivity contribution in [3.63, 3.8) is 0 Å². The van der Waals surface area contributed by atoms with Gasteiger partial charge in [-0.1, -0.05) is 24.3 Å². The molecule has 0 spiro atoms. The Bertz CT molecular complexity index is 1070. The van der Waals surface area contributed by atoms with Crippen LogP contribution in [0.1, 0.15) is 31.1 Å². The first-order chi connectivity index (χ1) is 15.5. The van der Waals surface area contributed by atoms with Gasteiger partial charge >= 0.3 is 5.97 Å². The molecule has 0 amide bonds. The quantitative estimate of drug-likeness (QED) is 0.658. The third-order valence-electron chi connectivity index (χ3n) is 5.91. The summed E-state index contributed by atoms with van der Waals surface area (Å²) in [6.07, 6.45) is 0. The van der Waals surface area contributed by atoms with Crippen LogP contribution in [-0.2, 0) is 4.74 Å². The number of nitrogens with two attached hydrogens (primary N) is 1. The molecule has 2 aliphatic rings. The Labute approximate surface area is 186 Å². The summed E-state index contributed by atoms with van der Waals surface area (Å²) < 4.78 is 4.74. The Kier molecular flexibility index (Phi) is 6.23. The molecule has 1 aliphatic heterocycles. The van der Waals surface area contributed by atoms with Crippen molar-refractivity contribution in [3.8, 4) is 0 Å². The highest BCUT2D eigenvalue weighted by Gasteiger charge is 2.30. The molecule has 1 aliphatic carbocycles. The lowest BCUT2D eigenvalue weighted by atomic mass is 9.90. The third-order valence-corrected chi connectivity index (χ3v) is 5.91. The van der Waals surface area contributed by atoms with E-state index in [1.807, 2.05) is 12.1 Å². The lowest BCUT2D eigenvalue weighted by Crippen LogP contribution is -2.48. The SMILES string of the molecule is COC(=O)c1ccc(N2CCN(CCNC3=C(N)C(=O)c4ccccc4C3=O)CC2)cc1. The van der Waals surface area contributed by atoms with Gasteiger partial charge in [0.15, 0.2) is 0 Å². The molecule has 0 atom stereocenters. The van der Waals surface area contributed by atoms with Crippen LogP contribution in [-0.4, -0.2) is 68.8 Å². The minimum absolute atomic E-state index is 0.0195. The van der Waals surface area contributed by atoms with Crippen LogP contribution in [0.25, 0.3) is 0 Å². The van der Waals surface area contributed by atoms with Crippen LogP contribution in [0, 0.1) is 0 Å². The first-order valence-corrected chi connectivity index (χ1v) is 10.6. The van der Waals surface area contributed by atoms with E-state index in [1.54, 1.807) is 36.4 Å². The van der Waals surface area contributed by atoms with E-state index in [9.17, 15) is 14.4 Å². The van der Waals surface area contributed by atoms with Gasteiger partial charge in [0.1, 0.15) is 11.4 Å². The van der Waals surface area contributed by atoms with Gasteiger partial charge in [0, 0.05) is 56.1 Å². The Morgan fingerprint density at radius 1 is 0.969 bits per heavy atom. The predicted octanol–water partition coefficient (Wildman–Crippen LogP) is 1.43. The van der Waals surface area contributed by atoms with E-state index in [0.29, 0.717) is 23.2 Å². The normalized spacial score (nSPS) is 16.7. The highest BCUT2D eigenvalue weighted by molar-refractivity contribution is 6.26. The van der Waals surface area contributed by atoms with Crippen molar-refractivity contribution in [3.05, 3.63) is 76.6 Å². The second-order valence-corrected chi connectivity index (χ2v) is 7.79. The molecule has 0 saturated carbocycles. The number of rotatable bonds is 6. The van der Waals surface area contributed by atoms with Crippen LogP contribution >= 0.6 is 0 Å². The second-order valence-electron chi connectivity index (χ2n) is 7.79. The Morgan fingerprint density at radius 3 is 2.22 bits per heavy atom. The molecule has 0 radical (unpaired) electrons. The number of anilines is 1. The molecule has 8 nitrogen and oxygen atoms in total. The summed E-state index contributed by atoms with van der Waals surface area (Å²) in [4.78, 5) is 41.4. The number of nitrogens with zero attached hydrogens (tertiary/aromatic N) is 2. The molecule has 0 unspecified atom stereocenters. The lowest BCUT2D eigenvalue weighted by Gasteiger charge is -2.36. The molecule has 1 fully saturated rings. The van der Waals surface area contributed by atoms with Crippen molar-refractivity contribution in [2.75, 3.05) is 51.3 Å². The molecule has 166 valence electrons. The number of allylic oxidation sites excluding steroid dienone is 2. The number of ketones is 2. The van der Waals surface area contributed by atoms with Crippen molar-refractivity contribution < 1.29 is 19.1 Å². The van der Waals surface area contributed by atoms with Crippen molar-refractivity contribution >= 4 is 23.2 Å². The number of Topliss-reactive ketones (excluding diaryl/α,β-unsaturated/α-hetero) is 2. The fourth-order valence-electron chi connectivity index (χ4n) is 4.07. The van der Waals surface area contributed by atoms with Gasteiger partial charge in [-0.3, -0.25) is 14.5 Å². The van der Waals surface area contributed by atoms with E-state index >= 15 is 0 Å². The fourth-order valence-corrected chi connectivity index (χ4v) is 4.07. The van der Waals surface area contributed by atoms with Gasteiger partial charge in [0.2, 0.25) is 11.6 Å². The minimum atomic E-state index is -0.341. The second kappa shape index (κ2) is 9.23. The van der Waals surface area contributed by atoms with Gasteiger partial charge in [0.05, 0.1) is 12.7 Å². The zero-order valence-electron chi connectivity index (χ0n) is 18.0. The molecule has 0 bridgehead atoms. The maximum absolute atomic E-state index is 12.7. The molecule has 1 heterocycles. The number of fused-ring (bicyclic) bond motifs is 1. The highest BCUT2D eigenvalue weighted by atomic mass is 16.5. The van der Waals surface area contributed by atoms with Crippen LogP contribution in [0.2, 0.25) is 0 Å². The molecule has 4 rings (SSSR count). The van der Waals surface area contributed by atoms with Gasteiger partial charge < -0.3 is 20.7 Å². The number of piperazine rings is 1. The van der Waals surface area contributed by atoms with Crippen LogP contribution in [0.3, 0.4) is 0 Å². The van der Waals surface area contributed by atoms with Crippen molar-refractivity contribution in [2.24, 2.45) is 5.73 Å². The summed E-state index contributed by atoms with van der Waals surface area (Å²) in [6.45, 7) is 4.69. The summed E-state index contributed by atoms with van der Waals surface area (Å²) in [5.74, 6) is -0.890. The number of carbonyl (C=O) groups excluding carboxylic acids is 3. The molecule has 2 aromatic carbocycles. The van der Waals surface area contributed by atoms with Crippen LogP contribution in [0.5, 0.6) is 0 Å². The Hall–Kier alpha value is -3.65. The van der Waals surface area contributed by atoms with E-state index in [2.05, 4.69) is 15.1 Å². The first kappa shape index (κ1) is 21.6. The minimum Gasteiger partial charge on any atom is -0.465 e. The smallest absolute Gasteiger partial charge is 0.337 e. The summed E-state index contributed by atoms with van der Waals surface area (Å²) in [7, 11) is 1.37. The Morgan fingerprint density at radius 2 is 1.59 bits per heavy atom. The summed E-state index contributed by atoms with van der Waals surface area (Å²) in [5.41, 5.74) is 8.49. The van der Waals surface area contributed by atoms with Crippen molar-refractivity contribution in [2.45, 2.75) is 0 Å². The molecular weight excluding hydrogens is 408 g/mol. The van der Waals surface area contributed by atoms with E-state index < -0.39 is 0 Å². The average molecular weight is 434 g/mol. The summed E-state index contributed by atoms with van der Waals surface area (Å²) in [5, 5.41) is 3.09. The molecule has 8 heteroatoms. The first-order valence-electron chi connectivity index (χ1n) is 10.6. The zero-order chi connectivity index (χ0) is 22.7. The molecular formula is C24H26N4O4. The molecule has 1 saturated heterocycles. The zero-order valence-corrected chi connectivity index (χ0v) is 18.0. The van der Waals surface area contributed by atoms with Crippen molar-refractivity contribution in [1.82, 2.24) is 10.2 Å². The maximum atomic E-state index is 12.7. The third kappa shape index (κ3) is 4.22. The summed E-state index contributed by atoms with van der Waals surface area (Å²) >= 11 is 0. The number of methoxy groups -OCH3 is 1. The van der Waals surface area contributed by atoms with Crippen molar-refractivity contribution in [1.29, 1.82) is 0 Å². The number of hydrogen-bond acceptors (Lipinski definition) is 8. The highest BCUT2D eigenvalue weighted by Crippen LogP contribution is 2.22. The number of carbonyl (C=O) groups is 3. The Balaban J connectivity index is 1.28.